The summed E-state index contributed by atoms with van der Waals surface area (Å²) in [5.74, 6) is 0.659. The van der Waals surface area contributed by atoms with E-state index in [0.29, 0.717) is 24.3 Å². The van der Waals surface area contributed by atoms with E-state index < -0.39 is 16.0 Å². The summed E-state index contributed by atoms with van der Waals surface area (Å²) in [5.41, 5.74) is -0.0312. The number of carboxylic acids is 1. The summed E-state index contributed by atoms with van der Waals surface area (Å²) in [4.78, 5) is 11.0. The van der Waals surface area contributed by atoms with E-state index in [1.54, 1.807) is 0 Å². The number of sulfonamides is 1. The SMILES string of the molecule is Cn1cc(S(=O)(=O)NCC(C2CC2)C2CC2)cc1C(=O)O. The van der Waals surface area contributed by atoms with Gasteiger partial charge in [-0.2, -0.15) is 0 Å². The van der Waals surface area contributed by atoms with Gasteiger partial charge < -0.3 is 9.67 Å². The number of aromatic nitrogens is 1. The summed E-state index contributed by atoms with van der Waals surface area (Å²) in [6.07, 6.45) is 6.17. The zero-order valence-corrected chi connectivity index (χ0v) is 12.8. The first-order chi connectivity index (χ1) is 9.88. The van der Waals surface area contributed by atoms with Gasteiger partial charge in [-0.3, -0.25) is 0 Å². The van der Waals surface area contributed by atoms with Gasteiger partial charge in [0, 0.05) is 19.8 Å². The molecule has 21 heavy (non-hydrogen) atoms. The van der Waals surface area contributed by atoms with Crippen LogP contribution >= 0.6 is 0 Å². The molecule has 2 fully saturated rings. The fourth-order valence-corrected chi connectivity index (χ4v) is 4.09. The molecule has 7 heteroatoms. The van der Waals surface area contributed by atoms with Crippen LogP contribution in [0.5, 0.6) is 0 Å². The van der Waals surface area contributed by atoms with Crippen LogP contribution in [-0.2, 0) is 17.1 Å². The zero-order valence-electron chi connectivity index (χ0n) is 11.9. The molecule has 2 N–H and O–H groups in total. The molecule has 1 heterocycles. The first-order valence-electron chi connectivity index (χ1n) is 7.28. The van der Waals surface area contributed by atoms with Gasteiger partial charge in [-0.05, 0) is 49.5 Å². The van der Waals surface area contributed by atoms with E-state index >= 15 is 0 Å². The molecule has 1 aromatic heterocycles. The lowest BCUT2D eigenvalue weighted by atomic mass is 9.99. The minimum atomic E-state index is -3.64. The Morgan fingerprint density at radius 2 is 1.95 bits per heavy atom. The van der Waals surface area contributed by atoms with Crippen molar-refractivity contribution in [3.63, 3.8) is 0 Å². The molecule has 1 aromatic rings. The van der Waals surface area contributed by atoms with Gasteiger partial charge in [-0.25, -0.2) is 17.9 Å². The number of aromatic carboxylic acids is 1. The number of hydrogen-bond acceptors (Lipinski definition) is 3. The van der Waals surface area contributed by atoms with Crippen LogP contribution in [0, 0.1) is 17.8 Å². The maximum atomic E-state index is 12.3. The van der Waals surface area contributed by atoms with Gasteiger partial charge in [-0.15, -0.1) is 0 Å². The third-order valence-corrected chi connectivity index (χ3v) is 5.86. The molecule has 3 rings (SSSR count). The normalized spacial score (nSPS) is 19.1. The second kappa shape index (κ2) is 5.14. The maximum Gasteiger partial charge on any atom is 0.352 e. The Labute approximate surface area is 124 Å². The van der Waals surface area contributed by atoms with Crippen molar-refractivity contribution in [2.45, 2.75) is 30.6 Å². The minimum Gasteiger partial charge on any atom is -0.477 e. The quantitative estimate of drug-likeness (QED) is 0.797. The number of rotatable bonds is 7. The summed E-state index contributed by atoms with van der Waals surface area (Å²) in [7, 11) is -2.11. The summed E-state index contributed by atoms with van der Waals surface area (Å²) in [6, 6.07) is 1.20. The van der Waals surface area contributed by atoms with Crippen LogP contribution in [0.15, 0.2) is 17.2 Å². The van der Waals surface area contributed by atoms with Crippen LogP contribution in [0.4, 0.5) is 0 Å². The third-order valence-electron chi connectivity index (χ3n) is 4.47. The molecule has 2 aliphatic carbocycles. The van der Waals surface area contributed by atoms with Gasteiger partial charge in [0.25, 0.3) is 0 Å². The molecule has 0 amide bonds. The third kappa shape index (κ3) is 3.13. The van der Waals surface area contributed by atoms with E-state index in [1.165, 1.54) is 49.6 Å². The van der Waals surface area contributed by atoms with Crippen LogP contribution in [0.25, 0.3) is 0 Å². The van der Waals surface area contributed by atoms with E-state index in [4.69, 9.17) is 5.11 Å². The first-order valence-corrected chi connectivity index (χ1v) is 8.76. The van der Waals surface area contributed by atoms with Gasteiger partial charge in [0.05, 0.1) is 0 Å². The molecular formula is C14H20N2O4S. The molecule has 0 spiro atoms. The number of nitrogens with one attached hydrogen (secondary N) is 1. The van der Waals surface area contributed by atoms with Crippen molar-refractivity contribution in [1.82, 2.24) is 9.29 Å². The Hall–Kier alpha value is -1.34. The topological polar surface area (TPSA) is 88.4 Å². The minimum absolute atomic E-state index is 0.0211. The molecule has 2 saturated carbocycles. The number of nitrogens with zero attached hydrogens (tertiary/aromatic N) is 1. The summed E-state index contributed by atoms with van der Waals surface area (Å²) >= 11 is 0. The van der Waals surface area contributed by atoms with Gasteiger partial charge >= 0.3 is 5.97 Å². The Morgan fingerprint density at radius 3 is 2.38 bits per heavy atom. The highest BCUT2D eigenvalue weighted by Crippen LogP contribution is 2.48. The molecule has 6 nitrogen and oxygen atoms in total. The first kappa shape index (κ1) is 14.6. The van der Waals surface area contributed by atoms with Crippen LogP contribution in [0.1, 0.15) is 36.2 Å². The molecule has 0 atom stereocenters. The van der Waals surface area contributed by atoms with Gasteiger partial charge in [0.1, 0.15) is 10.6 Å². The maximum absolute atomic E-state index is 12.3. The van der Waals surface area contributed by atoms with E-state index in [-0.39, 0.29) is 10.6 Å². The zero-order chi connectivity index (χ0) is 15.2. The van der Waals surface area contributed by atoms with E-state index in [0.717, 1.165) is 0 Å². The van der Waals surface area contributed by atoms with Crippen molar-refractivity contribution in [2.24, 2.45) is 24.8 Å². The van der Waals surface area contributed by atoms with E-state index in [2.05, 4.69) is 4.72 Å². The number of aryl methyl sites for hydroxylation is 1. The highest BCUT2D eigenvalue weighted by Gasteiger charge is 2.41. The number of hydrogen-bond donors (Lipinski definition) is 2. The van der Waals surface area contributed by atoms with Crippen LogP contribution < -0.4 is 4.72 Å². The lowest BCUT2D eigenvalue weighted by Crippen LogP contribution is -2.31. The number of carbonyl (C=O) groups is 1. The van der Waals surface area contributed by atoms with Crippen molar-refractivity contribution in [2.75, 3.05) is 6.54 Å². The molecule has 0 aromatic carbocycles. The lowest BCUT2D eigenvalue weighted by molar-refractivity contribution is 0.0686. The number of carboxylic acid groups (broad SMARTS) is 1. The van der Waals surface area contributed by atoms with Gasteiger partial charge in [-0.1, -0.05) is 0 Å². The van der Waals surface area contributed by atoms with Gasteiger partial charge in [0.15, 0.2) is 0 Å². The fourth-order valence-electron chi connectivity index (χ4n) is 2.95. The average Bonchev–Trinajstić information content (AvgIpc) is 3.29. The van der Waals surface area contributed by atoms with Crippen LogP contribution in [-0.4, -0.2) is 30.6 Å². The second-order valence-corrected chi connectivity index (χ2v) is 7.93. The molecule has 0 saturated heterocycles. The van der Waals surface area contributed by atoms with Crippen molar-refractivity contribution >= 4 is 16.0 Å². The molecule has 0 bridgehead atoms. The summed E-state index contributed by atoms with van der Waals surface area (Å²) < 4.78 is 28.6. The molecular weight excluding hydrogens is 292 g/mol. The van der Waals surface area contributed by atoms with Crippen molar-refractivity contribution < 1.29 is 18.3 Å². The Kier molecular flexibility index (Phi) is 3.57. The molecule has 116 valence electrons. The predicted molar refractivity (Wildman–Crippen MR) is 76.5 cm³/mol. The smallest absolute Gasteiger partial charge is 0.352 e. The standard InChI is InChI=1S/C14H20N2O4S/c1-16-8-11(6-13(16)14(17)18)21(19,20)15-7-12(9-2-3-9)10-4-5-10/h6,8-10,12,15H,2-5,7H2,1H3,(H,17,18). The summed E-state index contributed by atoms with van der Waals surface area (Å²) in [5, 5.41) is 8.99. The van der Waals surface area contributed by atoms with Crippen LogP contribution in [0.2, 0.25) is 0 Å². The monoisotopic (exact) mass is 312 g/mol. The van der Waals surface area contributed by atoms with E-state index in [1.807, 2.05) is 0 Å². The average molecular weight is 312 g/mol. The largest absolute Gasteiger partial charge is 0.477 e. The molecule has 0 unspecified atom stereocenters. The molecule has 2 aliphatic rings. The van der Waals surface area contributed by atoms with Crippen molar-refractivity contribution in [1.29, 1.82) is 0 Å². The van der Waals surface area contributed by atoms with Crippen molar-refractivity contribution in [3.05, 3.63) is 18.0 Å². The highest BCUT2D eigenvalue weighted by atomic mass is 32.2. The van der Waals surface area contributed by atoms with Crippen LogP contribution in [0.3, 0.4) is 0 Å². The fraction of sp³-hybridized carbons (Fsp3) is 0.643. The highest BCUT2D eigenvalue weighted by molar-refractivity contribution is 7.89. The Balaban J connectivity index is 1.71. The summed E-state index contributed by atoms with van der Waals surface area (Å²) in [6.45, 7) is 0.467. The lowest BCUT2D eigenvalue weighted by Gasteiger charge is -2.15. The predicted octanol–water partition coefficient (Wildman–Crippen LogP) is 1.44. The Morgan fingerprint density at radius 1 is 1.38 bits per heavy atom. The molecule has 0 radical (unpaired) electrons. The molecule has 0 aliphatic heterocycles. The van der Waals surface area contributed by atoms with E-state index in [9.17, 15) is 13.2 Å². The van der Waals surface area contributed by atoms with Gasteiger partial charge in [0.2, 0.25) is 10.0 Å². The second-order valence-electron chi connectivity index (χ2n) is 6.17. The van der Waals surface area contributed by atoms with Crippen molar-refractivity contribution in [3.8, 4) is 0 Å². The Bertz CT molecular complexity index is 645.